The molecule has 136 valence electrons. The molecule has 2 aromatic carbocycles. The van der Waals surface area contributed by atoms with E-state index in [1.807, 2.05) is 24.3 Å². The lowest BCUT2D eigenvalue weighted by atomic mass is 10.1. The molecule has 0 aliphatic heterocycles. The van der Waals surface area contributed by atoms with Gasteiger partial charge in [-0.25, -0.2) is 22.8 Å². The third-order valence-corrected chi connectivity index (χ3v) is 5.72. The van der Waals surface area contributed by atoms with Gasteiger partial charge in [-0.1, -0.05) is 24.3 Å². The standard InChI is InChI=1S/C17H17BrN4O3S/c1-25-17-6-5-15(8-16(17)18)26(23,24)21-9-13-3-2-4-14(7-13)10-22-12-19-11-20-22/h2-8,11-12,21H,9-10H2,1H3. The second kappa shape index (κ2) is 7.98. The largest absolute Gasteiger partial charge is 0.496 e. The lowest BCUT2D eigenvalue weighted by Crippen LogP contribution is -2.23. The van der Waals surface area contributed by atoms with E-state index in [0.717, 1.165) is 11.1 Å². The highest BCUT2D eigenvalue weighted by Crippen LogP contribution is 2.27. The Morgan fingerprint density at radius 2 is 2.00 bits per heavy atom. The first-order chi connectivity index (χ1) is 12.5. The number of aromatic nitrogens is 3. The Labute approximate surface area is 160 Å². The van der Waals surface area contributed by atoms with E-state index in [0.29, 0.717) is 16.8 Å². The first-order valence-corrected chi connectivity index (χ1v) is 9.99. The SMILES string of the molecule is COc1ccc(S(=O)(=O)NCc2cccc(Cn3cncn3)c2)cc1Br. The molecule has 0 amide bonds. The number of halogens is 1. The number of benzene rings is 2. The van der Waals surface area contributed by atoms with Crippen molar-refractivity contribution >= 4 is 26.0 Å². The van der Waals surface area contributed by atoms with Crippen molar-refractivity contribution in [1.29, 1.82) is 0 Å². The number of methoxy groups -OCH3 is 1. The van der Waals surface area contributed by atoms with E-state index in [4.69, 9.17) is 4.74 Å². The van der Waals surface area contributed by atoms with Crippen LogP contribution in [0.3, 0.4) is 0 Å². The summed E-state index contributed by atoms with van der Waals surface area (Å²) in [6.07, 6.45) is 3.11. The van der Waals surface area contributed by atoms with Gasteiger partial charge in [-0.15, -0.1) is 0 Å². The van der Waals surface area contributed by atoms with Gasteiger partial charge >= 0.3 is 0 Å². The minimum Gasteiger partial charge on any atom is -0.496 e. The van der Waals surface area contributed by atoms with Crippen LogP contribution in [0, 0.1) is 0 Å². The third-order valence-electron chi connectivity index (χ3n) is 3.70. The normalized spacial score (nSPS) is 11.5. The summed E-state index contributed by atoms with van der Waals surface area (Å²) in [7, 11) is -2.11. The molecule has 0 spiro atoms. The highest BCUT2D eigenvalue weighted by molar-refractivity contribution is 9.10. The molecule has 0 fully saturated rings. The summed E-state index contributed by atoms with van der Waals surface area (Å²) in [6, 6.07) is 12.3. The third kappa shape index (κ3) is 4.48. The molecule has 1 heterocycles. The first-order valence-electron chi connectivity index (χ1n) is 7.71. The smallest absolute Gasteiger partial charge is 0.240 e. The maximum Gasteiger partial charge on any atom is 0.240 e. The van der Waals surface area contributed by atoms with E-state index in [2.05, 4.69) is 30.7 Å². The van der Waals surface area contributed by atoms with Crippen LogP contribution >= 0.6 is 15.9 Å². The Morgan fingerprint density at radius 1 is 1.19 bits per heavy atom. The molecule has 0 aliphatic carbocycles. The lowest BCUT2D eigenvalue weighted by molar-refractivity contribution is 0.411. The zero-order valence-electron chi connectivity index (χ0n) is 14.0. The van der Waals surface area contributed by atoms with Crippen molar-refractivity contribution in [2.24, 2.45) is 0 Å². The van der Waals surface area contributed by atoms with Gasteiger partial charge in [-0.05, 0) is 45.3 Å². The fourth-order valence-electron chi connectivity index (χ4n) is 2.42. The predicted molar refractivity (Wildman–Crippen MR) is 100 cm³/mol. The van der Waals surface area contributed by atoms with Gasteiger partial charge < -0.3 is 4.74 Å². The van der Waals surface area contributed by atoms with E-state index < -0.39 is 10.0 Å². The van der Waals surface area contributed by atoms with Crippen LogP contribution in [0.2, 0.25) is 0 Å². The first kappa shape index (κ1) is 18.6. The average molecular weight is 437 g/mol. The second-order valence-corrected chi connectivity index (χ2v) is 8.16. The Bertz CT molecular complexity index is 991. The molecular formula is C17H17BrN4O3S. The quantitative estimate of drug-likeness (QED) is 0.614. The molecule has 0 saturated carbocycles. The van der Waals surface area contributed by atoms with Gasteiger partial charge in [-0.2, -0.15) is 5.10 Å². The summed E-state index contributed by atoms with van der Waals surface area (Å²) < 4.78 is 35.0. The lowest BCUT2D eigenvalue weighted by Gasteiger charge is -2.10. The van der Waals surface area contributed by atoms with Crippen molar-refractivity contribution < 1.29 is 13.2 Å². The topological polar surface area (TPSA) is 86.1 Å². The van der Waals surface area contributed by atoms with Crippen LogP contribution < -0.4 is 9.46 Å². The van der Waals surface area contributed by atoms with Crippen LogP contribution in [0.1, 0.15) is 11.1 Å². The van der Waals surface area contributed by atoms with Gasteiger partial charge in [0.25, 0.3) is 0 Å². The monoisotopic (exact) mass is 436 g/mol. The zero-order chi connectivity index (χ0) is 18.6. The summed E-state index contributed by atoms with van der Waals surface area (Å²) >= 11 is 3.30. The summed E-state index contributed by atoms with van der Waals surface area (Å²) in [5.41, 5.74) is 1.87. The minimum absolute atomic E-state index is 0.170. The van der Waals surface area contributed by atoms with E-state index in [9.17, 15) is 8.42 Å². The molecule has 0 atom stereocenters. The van der Waals surface area contributed by atoms with Gasteiger partial charge in [0, 0.05) is 6.54 Å². The molecule has 0 unspecified atom stereocenters. The molecule has 3 rings (SSSR count). The zero-order valence-corrected chi connectivity index (χ0v) is 16.4. The van der Waals surface area contributed by atoms with Crippen LogP contribution in [0.15, 0.2) is 64.5 Å². The summed E-state index contributed by atoms with van der Waals surface area (Å²) in [5, 5.41) is 4.07. The summed E-state index contributed by atoms with van der Waals surface area (Å²) in [4.78, 5) is 4.08. The van der Waals surface area contributed by atoms with Crippen molar-refractivity contribution in [3.63, 3.8) is 0 Å². The number of hydrogen-bond acceptors (Lipinski definition) is 5. The molecule has 0 saturated heterocycles. The number of ether oxygens (including phenoxy) is 1. The molecule has 1 aromatic heterocycles. The Hall–Kier alpha value is -2.23. The van der Waals surface area contributed by atoms with Crippen molar-refractivity contribution in [3.05, 3.63) is 70.7 Å². The van der Waals surface area contributed by atoms with Gasteiger partial charge in [0.15, 0.2) is 0 Å². The number of rotatable bonds is 7. The van der Waals surface area contributed by atoms with Gasteiger partial charge in [0.2, 0.25) is 10.0 Å². The number of hydrogen-bond donors (Lipinski definition) is 1. The van der Waals surface area contributed by atoms with Crippen molar-refractivity contribution in [3.8, 4) is 5.75 Å². The van der Waals surface area contributed by atoms with Crippen LogP contribution in [-0.2, 0) is 23.1 Å². The fraction of sp³-hybridized carbons (Fsp3) is 0.176. The fourth-order valence-corrected chi connectivity index (χ4v) is 4.15. The minimum atomic E-state index is -3.63. The van der Waals surface area contributed by atoms with E-state index in [-0.39, 0.29) is 11.4 Å². The molecule has 0 aliphatic rings. The van der Waals surface area contributed by atoms with Gasteiger partial charge in [-0.3, -0.25) is 0 Å². The Kier molecular flexibility index (Phi) is 5.70. The highest BCUT2D eigenvalue weighted by atomic mass is 79.9. The van der Waals surface area contributed by atoms with Crippen LogP contribution in [-0.4, -0.2) is 30.3 Å². The Balaban J connectivity index is 1.70. The molecule has 0 bridgehead atoms. The number of nitrogens with zero attached hydrogens (tertiary/aromatic N) is 3. The van der Waals surface area contributed by atoms with Crippen molar-refractivity contribution in [2.45, 2.75) is 18.0 Å². The Morgan fingerprint density at radius 3 is 2.69 bits per heavy atom. The number of sulfonamides is 1. The molecule has 1 N–H and O–H groups in total. The van der Waals surface area contributed by atoms with Crippen molar-refractivity contribution in [1.82, 2.24) is 19.5 Å². The molecule has 3 aromatic rings. The molecule has 9 heteroatoms. The van der Waals surface area contributed by atoms with E-state index >= 15 is 0 Å². The van der Waals surface area contributed by atoms with Crippen LogP contribution in [0.25, 0.3) is 0 Å². The van der Waals surface area contributed by atoms with Gasteiger partial charge in [0.05, 0.1) is 23.0 Å². The predicted octanol–water partition coefficient (Wildman–Crippen LogP) is 2.58. The molecular weight excluding hydrogens is 420 g/mol. The average Bonchev–Trinajstić information content (AvgIpc) is 3.13. The molecule has 7 nitrogen and oxygen atoms in total. The van der Waals surface area contributed by atoms with Crippen LogP contribution in [0.5, 0.6) is 5.75 Å². The maximum absolute atomic E-state index is 12.5. The van der Waals surface area contributed by atoms with Crippen molar-refractivity contribution in [2.75, 3.05) is 7.11 Å². The number of nitrogens with one attached hydrogen (secondary N) is 1. The van der Waals surface area contributed by atoms with Gasteiger partial charge in [0.1, 0.15) is 18.4 Å². The molecule has 0 radical (unpaired) electrons. The highest BCUT2D eigenvalue weighted by Gasteiger charge is 2.15. The second-order valence-electron chi connectivity index (χ2n) is 5.53. The maximum atomic E-state index is 12.5. The van der Waals surface area contributed by atoms with E-state index in [1.54, 1.807) is 17.1 Å². The molecule has 26 heavy (non-hydrogen) atoms. The summed E-state index contributed by atoms with van der Waals surface area (Å²) in [5.74, 6) is 0.574. The summed E-state index contributed by atoms with van der Waals surface area (Å²) in [6.45, 7) is 0.767. The van der Waals surface area contributed by atoms with Crippen LogP contribution in [0.4, 0.5) is 0 Å². The van der Waals surface area contributed by atoms with E-state index in [1.165, 1.54) is 25.6 Å².